The number of hydrogen-bond acceptors (Lipinski definition) is 2. The fourth-order valence-corrected chi connectivity index (χ4v) is 5.23. The lowest BCUT2D eigenvalue weighted by Crippen LogP contribution is -1.92. The highest BCUT2D eigenvalue weighted by atomic mass is 16.3. The number of nitrogens with zero attached hydrogens (tertiary/aromatic N) is 2. The summed E-state index contributed by atoms with van der Waals surface area (Å²) in [6.45, 7) is 3.10. The molecule has 0 saturated heterocycles. The predicted octanol–water partition coefficient (Wildman–Crippen LogP) is 8.44. The monoisotopic (exact) mass is 438 g/mol. The number of hydrogen-bond donors (Lipinski definition) is 0. The molecule has 4 aromatic carbocycles. The van der Waals surface area contributed by atoms with Crippen molar-refractivity contribution in [1.82, 2.24) is 9.55 Å². The van der Waals surface area contributed by atoms with Gasteiger partial charge in [0.15, 0.2) is 0 Å². The number of aromatic nitrogens is 2. The maximum Gasteiger partial charge on any atom is 0.137 e. The minimum Gasteiger partial charge on any atom is -0.456 e. The van der Waals surface area contributed by atoms with Gasteiger partial charge in [-0.2, -0.15) is 0 Å². The molecule has 0 N–H and O–H groups in total. The number of furan rings is 1. The maximum absolute atomic E-state index is 6.19. The quantitative estimate of drug-likeness (QED) is 0.277. The fraction of sp³-hybridized carbons (Fsp3) is 0.0645. The Bertz CT molecular complexity index is 1840. The van der Waals surface area contributed by atoms with Gasteiger partial charge in [-0.3, -0.25) is 4.98 Å². The zero-order chi connectivity index (χ0) is 22.6. The molecule has 3 heterocycles. The molecule has 0 radical (unpaired) electrons. The van der Waals surface area contributed by atoms with Gasteiger partial charge in [0, 0.05) is 51.4 Å². The first-order valence-corrected chi connectivity index (χ1v) is 11.7. The Balaban J connectivity index is 1.47. The summed E-state index contributed by atoms with van der Waals surface area (Å²) in [7, 11) is 0. The summed E-state index contributed by atoms with van der Waals surface area (Å²) in [5.74, 6) is 0. The second-order valence-corrected chi connectivity index (χ2v) is 8.74. The van der Waals surface area contributed by atoms with Crippen LogP contribution in [-0.4, -0.2) is 9.55 Å². The Morgan fingerprint density at radius 1 is 0.618 bits per heavy atom. The summed E-state index contributed by atoms with van der Waals surface area (Å²) in [4.78, 5) is 4.53. The van der Waals surface area contributed by atoms with Gasteiger partial charge in [0.1, 0.15) is 11.2 Å². The van der Waals surface area contributed by atoms with Crippen LogP contribution in [0.25, 0.3) is 66.1 Å². The molecule has 7 aromatic rings. The Morgan fingerprint density at radius 2 is 1.44 bits per heavy atom. The van der Waals surface area contributed by atoms with Crippen LogP contribution in [0.3, 0.4) is 0 Å². The second-order valence-electron chi connectivity index (χ2n) is 8.74. The second kappa shape index (κ2) is 7.32. The van der Waals surface area contributed by atoms with Gasteiger partial charge in [0.25, 0.3) is 0 Å². The molecule has 34 heavy (non-hydrogen) atoms. The topological polar surface area (TPSA) is 31.0 Å². The number of rotatable bonds is 3. The first-order valence-electron chi connectivity index (χ1n) is 11.7. The van der Waals surface area contributed by atoms with Gasteiger partial charge in [0.05, 0.1) is 11.2 Å². The number of fused-ring (bicyclic) bond motifs is 6. The molecule has 0 spiro atoms. The molecule has 3 aromatic heterocycles. The van der Waals surface area contributed by atoms with Crippen LogP contribution in [0.5, 0.6) is 0 Å². The molecule has 0 amide bonds. The third kappa shape index (κ3) is 2.80. The number of aryl methyl sites for hydroxylation is 1. The van der Waals surface area contributed by atoms with Crippen molar-refractivity contribution in [2.45, 2.75) is 13.5 Å². The number of benzene rings is 4. The van der Waals surface area contributed by atoms with Crippen LogP contribution < -0.4 is 0 Å². The largest absolute Gasteiger partial charge is 0.456 e. The van der Waals surface area contributed by atoms with Gasteiger partial charge in [-0.05, 0) is 60.5 Å². The summed E-state index contributed by atoms with van der Waals surface area (Å²) < 4.78 is 8.57. The van der Waals surface area contributed by atoms with Crippen LogP contribution in [0, 0.1) is 0 Å². The Labute approximate surface area is 196 Å². The molecule has 0 fully saturated rings. The van der Waals surface area contributed by atoms with Crippen molar-refractivity contribution in [1.29, 1.82) is 0 Å². The van der Waals surface area contributed by atoms with E-state index in [0.29, 0.717) is 0 Å². The third-order valence-electron chi connectivity index (χ3n) is 6.84. The van der Waals surface area contributed by atoms with Crippen LogP contribution in [0.2, 0.25) is 0 Å². The molecule has 7 rings (SSSR count). The number of para-hydroxylation sites is 1. The van der Waals surface area contributed by atoms with Gasteiger partial charge >= 0.3 is 0 Å². The van der Waals surface area contributed by atoms with Gasteiger partial charge in [-0.25, -0.2) is 0 Å². The first kappa shape index (κ1) is 19.1. The predicted molar refractivity (Wildman–Crippen MR) is 141 cm³/mol. The molecule has 0 aliphatic heterocycles. The van der Waals surface area contributed by atoms with Gasteiger partial charge < -0.3 is 8.98 Å². The van der Waals surface area contributed by atoms with Crippen molar-refractivity contribution in [2.24, 2.45) is 0 Å². The number of pyridine rings is 1. The molecule has 0 saturated carbocycles. The molecule has 0 bridgehead atoms. The molecule has 3 nitrogen and oxygen atoms in total. The first-order chi connectivity index (χ1) is 16.8. The van der Waals surface area contributed by atoms with E-state index in [4.69, 9.17) is 4.42 Å². The lowest BCUT2D eigenvalue weighted by atomic mass is 9.99. The summed E-state index contributed by atoms with van der Waals surface area (Å²) >= 11 is 0. The summed E-state index contributed by atoms with van der Waals surface area (Å²) in [5.41, 5.74) is 8.85. The van der Waals surface area contributed by atoms with Crippen molar-refractivity contribution >= 4 is 43.7 Å². The van der Waals surface area contributed by atoms with Crippen LogP contribution in [0.4, 0.5) is 0 Å². The standard InChI is InChI=1S/C31H22N2O/c1-2-33-28-14-13-21(20-8-7-9-22(16-20)27-11-5-6-15-32-27)17-24(28)25-18-26-23-10-3-4-12-30(23)34-31(26)19-29(25)33/h3-19H,2H2,1H3. The van der Waals surface area contributed by atoms with E-state index in [1.165, 1.54) is 38.3 Å². The zero-order valence-electron chi connectivity index (χ0n) is 18.8. The van der Waals surface area contributed by atoms with E-state index >= 15 is 0 Å². The van der Waals surface area contributed by atoms with Crippen LogP contribution in [0.1, 0.15) is 6.92 Å². The smallest absolute Gasteiger partial charge is 0.137 e. The SMILES string of the molecule is CCn1c2ccc(-c3cccc(-c4ccccn4)c3)cc2c2cc3c(cc21)oc1ccccc13. The van der Waals surface area contributed by atoms with E-state index in [2.05, 4.69) is 89.3 Å². The van der Waals surface area contributed by atoms with E-state index in [0.717, 1.165) is 34.4 Å². The Kier molecular flexibility index (Phi) is 4.12. The lowest BCUT2D eigenvalue weighted by Gasteiger charge is -2.07. The van der Waals surface area contributed by atoms with E-state index in [1.54, 1.807) is 0 Å². The summed E-state index contributed by atoms with van der Waals surface area (Å²) in [5, 5.41) is 4.86. The third-order valence-corrected chi connectivity index (χ3v) is 6.84. The van der Waals surface area contributed by atoms with E-state index in [-0.39, 0.29) is 0 Å². The highest BCUT2D eigenvalue weighted by Gasteiger charge is 2.15. The molecule has 162 valence electrons. The molecule has 0 unspecified atom stereocenters. The van der Waals surface area contributed by atoms with Crippen LogP contribution in [-0.2, 0) is 6.54 Å². The molecule has 0 aliphatic rings. The summed E-state index contributed by atoms with van der Waals surface area (Å²) in [6.07, 6.45) is 1.84. The Morgan fingerprint density at radius 3 is 2.32 bits per heavy atom. The lowest BCUT2D eigenvalue weighted by molar-refractivity contribution is 0.669. The summed E-state index contributed by atoms with van der Waals surface area (Å²) in [6, 6.07) is 34.3. The van der Waals surface area contributed by atoms with Crippen LogP contribution in [0.15, 0.2) is 108 Å². The highest BCUT2D eigenvalue weighted by Crippen LogP contribution is 2.38. The van der Waals surface area contributed by atoms with Crippen LogP contribution >= 0.6 is 0 Å². The molecule has 3 heteroatoms. The fourth-order valence-electron chi connectivity index (χ4n) is 5.23. The molecular formula is C31H22N2O. The molecule has 0 atom stereocenters. The van der Waals surface area contributed by atoms with Crippen molar-refractivity contribution in [3.63, 3.8) is 0 Å². The molecular weight excluding hydrogens is 416 g/mol. The maximum atomic E-state index is 6.19. The Hall–Kier alpha value is -4.37. The van der Waals surface area contributed by atoms with Gasteiger partial charge in [-0.15, -0.1) is 0 Å². The normalized spacial score (nSPS) is 11.8. The molecule has 0 aliphatic carbocycles. The van der Waals surface area contributed by atoms with Crippen molar-refractivity contribution in [3.05, 3.63) is 103 Å². The van der Waals surface area contributed by atoms with Gasteiger partial charge in [0.2, 0.25) is 0 Å². The van der Waals surface area contributed by atoms with E-state index < -0.39 is 0 Å². The van der Waals surface area contributed by atoms with Crippen molar-refractivity contribution in [2.75, 3.05) is 0 Å². The van der Waals surface area contributed by atoms with E-state index in [1.807, 2.05) is 30.5 Å². The van der Waals surface area contributed by atoms with Gasteiger partial charge in [-0.1, -0.05) is 48.5 Å². The average molecular weight is 439 g/mol. The highest BCUT2D eigenvalue weighted by molar-refractivity contribution is 6.17. The van der Waals surface area contributed by atoms with Crippen molar-refractivity contribution in [3.8, 4) is 22.4 Å². The average Bonchev–Trinajstić information content (AvgIpc) is 3.42. The van der Waals surface area contributed by atoms with Crippen molar-refractivity contribution < 1.29 is 4.42 Å². The zero-order valence-corrected chi connectivity index (χ0v) is 18.8. The minimum atomic E-state index is 0.903. The minimum absolute atomic E-state index is 0.903. The van der Waals surface area contributed by atoms with E-state index in [9.17, 15) is 0 Å².